The van der Waals surface area contributed by atoms with Crippen LogP contribution in [0, 0.1) is 0 Å². The van der Waals surface area contributed by atoms with Crippen LogP contribution < -0.4 is 19.9 Å². The van der Waals surface area contributed by atoms with E-state index in [1.54, 1.807) is 10.9 Å². The monoisotopic (exact) mass is 707 g/mol. The van der Waals surface area contributed by atoms with Gasteiger partial charge >= 0.3 is 0 Å². The lowest BCUT2D eigenvalue weighted by Gasteiger charge is -2.44. The molecular formula is C39H45N7O6. The fourth-order valence-corrected chi connectivity index (χ4v) is 8.48. The van der Waals surface area contributed by atoms with Gasteiger partial charge in [-0.05, 0) is 51.5 Å². The predicted octanol–water partition coefficient (Wildman–Crippen LogP) is 4.19. The Morgan fingerprint density at radius 2 is 1.52 bits per heavy atom. The lowest BCUT2D eigenvalue weighted by molar-refractivity contribution is -0.132. The van der Waals surface area contributed by atoms with Crippen molar-refractivity contribution >= 4 is 23.2 Å². The van der Waals surface area contributed by atoms with Gasteiger partial charge in [-0.3, -0.25) is 9.59 Å². The summed E-state index contributed by atoms with van der Waals surface area (Å²) in [6.07, 6.45) is -0.214. The van der Waals surface area contributed by atoms with Gasteiger partial charge in [0.1, 0.15) is 47.1 Å². The first-order valence-corrected chi connectivity index (χ1v) is 18.2. The van der Waals surface area contributed by atoms with E-state index in [0.717, 1.165) is 54.2 Å². The van der Waals surface area contributed by atoms with Crippen molar-refractivity contribution < 1.29 is 28.9 Å². The average molecular weight is 708 g/mol. The summed E-state index contributed by atoms with van der Waals surface area (Å²) in [7, 11) is 0. The molecular weight excluding hydrogens is 662 g/mol. The standard InChI is InChI=1S/C39H45N7O6/c1-6-43(7-2)25-14-16-29-31(18-25)50-32-19-26(44(8-3)9-4)15-17-30(32)39(29)28-13-11-10-12-27(28)37(49)45(39)20-24-21-46(42-41-24)38-34(40-23(5)48)36-35(52-36)33(22-47)51-38/h10-19,21,33-36,38,47H,6-9,20,22H2,1-5H3,(H,40,48)/t33-,34?,35+,36?,38+/m1/s1. The van der Waals surface area contributed by atoms with E-state index in [9.17, 15) is 14.7 Å². The molecule has 2 unspecified atom stereocenters. The largest absolute Gasteiger partial charge is 0.456 e. The van der Waals surface area contributed by atoms with Gasteiger partial charge in [-0.1, -0.05) is 35.5 Å². The van der Waals surface area contributed by atoms with Crippen LogP contribution in [0.4, 0.5) is 11.4 Å². The van der Waals surface area contributed by atoms with Gasteiger partial charge in [0.25, 0.3) is 5.91 Å². The Bertz CT molecular complexity index is 1950. The smallest absolute Gasteiger partial charge is 0.255 e. The van der Waals surface area contributed by atoms with Gasteiger partial charge < -0.3 is 39.3 Å². The summed E-state index contributed by atoms with van der Waals surface area (Å²) in [6, 6.07) is 19.8. The summed E-state index contributed by atoms with van der Waals surface area (Å²) in [5, 5.41) is 21.9. The van der Waals surface area contributed by atoms with E-state index in [4.69, 9.17) is 14.2 Å². The molecule has 4 aliphatic rings. The number of aromatic nitrogens is 3. The molecule has 5 heterocycles. The first-order chi connectivity index (χ1) is 25.3. The van der Waals surface area contributed by atoms with Crippen LogP contribution in [0.2, 0.25) is 0 Å². The van der Waals surface area contributed by atoms with Gasteiger partial charge in [-0.25, -0.2) is 4.68 Å². The van der Waals surface area contributed by atoms with E-state index in [-0.39, 0.29) is 37.2 Å². The normalized spacial score (nSPS) is 23.3. The topological polar surface area (TPSA) is 138 Å². The molecule has 3 aromatic carbocycles. The van der Waals surface area contributed by atoms with Gasteiger partial charge in [0.05, 0.1) is 19.3 Å². The zero-order valence-electron chi connectivity index (χ0n) is 30.2. The Labute approximate surface area is 303 Å². The molecule has 2 saturated heterocycles. The summed E-state index contributed by atoms with van der Waals surface area (Å²) in [6.45, 7) is 13.2. The number of rotatable bonds is 11. The summed E-state index contributed by atoms with van der Waals surface area (Å²) in [4.78, 5) is 33.3. The lowest BCUT2D eigenvalue weighted by atomic mass is 9.74. The molecule has 0 saturated carbocycles. The Morgan fingerprint density at radius 1 is 0.885 bits per heavy atom. The third kappa shape index (κ3) is 5.24. The number of aliphatic hydroxyl groups excluding tert-OH is 1. The minimum Gasteiger partial charge on any atom is -0.456 e. The number of nitrogens with zero attached hydrogens (tertiary/aromatic N) is 6. The summed E-state index contributed by atoms with van der Waals surface area (Å²) in [5.74, 6) is 1.01. The number of fused-ring (bicyclic) bond motifs is 7. The number of hydrogen-bond acceptors (Lipinski definition) is 10. The highest BCUT2D eigenvalue weighted by Gasteiger charge is 2.59. The zero-order chi connectivity index (χ0) is 36.3. The maximum Gasteiger partial charge on any atom is 0.255 e. The second kappa shape index (κ2) is 13.2. The quantitative estimate of drug-likeness (QED) is 0.219. The van der Waals surface area contributed by atoms with Crippen LogP contribution in [0.25, 0.3) is 0 Å². The van der Waals surface area contributed by atoms with Crippen molar-refractivity contribution in [3.63, 3.8) is 0 Å². The van der Waals surface area contributed by atoms with E-state index in [2.05, 4.69) is 89.5 Å². The second-order valence-electron chi connectivity index (χ2n) is 13.7. The second-order valence-corrected chi connectivity index (χ2v) is 13.7. The van der Waals surface area contributed by atoms with E-state index < -0.39 is 23.9 Å². The first kappa shape index (κ1) is 34.1. The Kier molecular flexibility index (Phi) is 8.67. The molecule has 2 N–H and O–H groups in total. The Hall–Kier alpha value is -4.98. The molecule has 13 heteroatoms. The van der Waals surface area contributed by atoms with Crippen molar-refractivity contribution in [1.82, 2.24) is 25.2 Å². The number of anilines is 2. The number of benzene rings is 3. The van der Waals surface area contributed by atoms with E-state index in [1.807, 2.05) is 29.2 Å². The van der Waals surface area contributed by atoms with Gasteiger partial charge in [-0.15, -0.1) is 5.10 Å². The van der Waals surface area contributed by atoms with Gasteiger partial charge in [0.15, 0.2) is 6.23 Å². The molecule has 0 radical (unpaired) electrons. The molecule has 0 aliphatic carbocycles. The molecule has 13 nitrogen and oxygen atoms in total. The molecule has 0 bridgehead atoms. The van der Waals surface area contributed by atoms with Gasteiger partial charge in [0, 0.05) is 73.3 Å². The molecule has 5 atom stereocenters. The molecule has 2 amide bonds. The van der Waals surface area contributed by atoms with Crippen molar-refractivity contribution in [2.24, 2.45) is 0 Å². The minimum absolute atomic E-state index is 0.117. The van der Waals surface area contributed by atoms with E-state index >= 15 is 0 Å². The minimum atomic E-state index is -1.04. The van der Waals surface area contributed by atoms with Crippen molar-refractivity contribution in [3.8, 4) is 11.5 Å². The maximum atomic E-state index is 14.7. The number of amides is 2. The highest BCUT2D eigenvalue weighted by molar-refractivity contribution is 6.02. The average Bonchev–Trinajstić information content (AvgIpc) is 3.77. The number of nitrogens with one attached hydrogen (secondary N) is 1. The summed E-state index contributed by atoms with van der Waals surface area (Å²) < 4.78 is 20.4. The Morgan fingerprint density at radius 3 is 2.12 bits per heavy atom. The molecule has 272 valence electrons. The van der Waals surface area contributed by atoms with E-state index in [1.165, 1.54) is 6.92 Å². The highest BCUT2D eigenvalue weighted by Crippen LogP contribution is 2.58. The molecule has 2 fully saturated rings. The molecule has 1 aromatic heterocycles. The lowest BCUT2D eigenvalue weighted by Crippen LogP contribution is -2.52. The molecule has 4 aromatic rings. The van der Waals surface area contributed by atoms with Crippen molar-refractivity contribution in [1.29, 1.82) is 0 Å². The van der Waals surface area contributed by atoms with Gasteiger partial charge in [-0.2, -0.15) is 0 Å². The summed E-state index contributed by atoms with van der Waals surface area (Å²) in [5.41, 5.74) is 4.77. The zero-order valence-corrected chi connectivity index (χ0v) is 30.2. The molecule has 52 heavy (non-hydrogen) atoms. The number of epoxide rings is 1. The number of carbonyl (C=O) groups is 2. The third-order valence-electron chi connectivity index (χ3n) is 11.0. The fraction of sp³-hybridized carbons (Fsp3) is 0.436. The van der Waals surface area contributed by atoms with Crippen LogP contribution in [0.15, 0.2) is 66.9 Å². The van der Waals surface area contributed by atoms with Crippen molar-refractivity contribution in [2.75, 3.05) is 42.6 Å². The van der Waals surface area contributed by atoms with Crippen LogP contribution in [0.5, 0.6) is 11.5 Å². The number of hydrogen-bond donors (Lipinski definition) is 2. The van der Waals surface area contributed by atoms with Crippen LogP contribution in [0.3, 0.4) is 0 Å². The van der Waals surface area contributed by atoms with Crippen LogP contribution in [-0.2, 0) is 26.4 Å². The van der Waals surface area contributed by atoms with E-state index in [0.29, 0.717) is 22.8 Å². The molecule has 4 aliphatic heterocycles. The number of carbonyl (C=O) groups excluding carboxylic acids is 2. The maximum absolute atomic E-state index is 14.7. The number of aliphatic hydroxyl groups is 1. The predicted molar refractivity (Wildman–Crippen MR) is 194 cm³/mol. The first-order valence-electron chi connectivity index (χ1n) is 18.2. The summed E-state index contributed by atoms with van der Waals surface area (Å²) >= 11 is 0. The molecule has 1 spiro atoms. The van der Waals surface area contributed by atoms with Crippen molar-refractivity contribution in [2.45, 2.75) is 77.3 Å². The van der Waals surface area contributed by atoms with Crippen LogP contribution in [-0.4, -0.2) is 94.0 Å². The molecule has 8 rings (SSSR count). The van der Waals surface area contributed by atoms with Crippen LogP contribution >= 0.6 is 0 Å². The van der Waals surface area contributed by atoms with Gasteiger partial charge in [0.2, 0.25) is 5.91 Å². The Balaban J connectivity index is 1.26. The fourth-order valence-electron chi connectivity index (χ4n) is 8.48. The van der Waals surface area contributed by atoms with Crippen LogP contribution in [0.1, 0.15) is 73.6 Å². The highest BCUT2D eigenvalue weighted by atomic mass is 16.6. The number of ether oxygens (including phenoxy) is 3. The third-order valence-corrected chi connectivity index (χ3v) is 11.0. The van der Waals surface area contributed by atoms with Crippen molar-refractivity contribution in [3.05, 3.63) is 94.8 Å². The SMILES string of the molecule is CCN(CC)c1ccc2c(c1)Oc1cc(N(CC)CC)ccc1C21c2ccccc2C(=O)N1Cc1cn([C@H]2O[C@H](CO)[C@@H]3OC3C2NC(C)=O)nn1.